The van der Waals surface area contributed by atoms with E-state index in [0.717, 1.165) is 23.2 Å². The summed E-state index contributed by atoms with van der Waals surface area (Å²) in [5.74, 6) is 0.00325. The molecule has 0 saturated carbocycles. The van der Waals surface area contributed by atoms with E-state index in [9.17, 15) is 13.2 Å². The molecule has 4 nitrogen and oxygen atoms in total. The predicted octanol–water partition coefficient (Wildman–Crippen LogP) is 4.27. The Morgan fingerprint density at radius 1 is 1.00 bits per heavy atom. The molecule has 0 radical (unpaired) electrons. The topological polar surface area (TPSA) is 56.1 Å². The monoisotopic (exact) mass is 333 g/mol. The second kappa shape index (κ2) is 8.11. The number of unbranched alkanes of at least 4 members (excludes halogenated alkanes) is 4. The Bertz CT molecular complexity index is 733. The first-order chi connectivity index (χ1) is 11.1. The van der Waals surface area contributed by atoms with Gasteiger partial charge in [0.05, 0.1) is 4.90 Å². The Balaban J connectivity index is 2.01. The van der Waals surface area contributed by atoms with Crippen LogP contribution in [-0.2, 0) is 10.0 Å². The molecular formula is C18H23NO3S. The second-order valence-corrected chi connectivity index (χ2v) is 7.48. The average molecular weight is 333 g/mol. The molecule has 1 heterocycles. The van der Waals surface area contributed by atoms with Gasteiger partial charge in [0.1, 0.15) is 0 Å². The van der Waals surface area contributed by atoms with E-state index in [-0.39, 0.29) is 10.7 Å². The van der Waals surface area contributed by atoms with E-state index < -0.39 is 10.0 Å². The third-order valence-electron chi connectivity index (χ3n) is 3.82. The van der Waals surface area contributed by atoms with Crippen LogP contribution in [0.1, 0.15) is 55.8 Å². The molecule has 2 aromatic rings. The summed E-state index contributed by atoms with van der Waals surface area (Å²) in [5.41, 5.74) is 0.458. The first-order valence-corrected chi connectivity index (χ1v) is 9.51. The molecule has 1 aromatic carbocycles. The van der Waals surface area contributed by atoms with Crippen molar-refractivity contribution in [3.8, 4) is 0 Å². The highest BCUT2D eigenvalue weighted by Gasteiger charge is 2.17. The van der Waals surface area contributed by atoms with E-state index in [1.165, 1.54) is 25.2 Å². The maximum Gasteiger partial charge on any atom is 0.267 e. The molecule has 0 amide bonds. The van der Waals surface area contributed by atoms with Crippen LogP contribution in [0.4, 0.5) is 0 Å². The number of aromatic nitrogens is 1. The van der Waals surface area contributed by atoms with Crippen LogP contribution in [0.2, 0.25) is 0 Å². The molecule has 0 aliphatic heterocycles. The third kappa shape index (κ3) is 4.55. The van der Waals surface area contributed by atoms with Gasteiger partial charge in [-0.1, -0.05) is 50.8 Å². The Labute approximate surface area is 138 Å². The first-order valence-electron chi connectivity index (χ1n) is 8.07. The Kier molecular flexibility index (Phi) is 6.16. The standard InChI is InChI=1S/C18H23NO3S/c1-2-3-4-5-9-12-18(20)16-13-14-19(15-16)23(21,22)17-10-7-6-8-11-17/h6-8,10-11,13-15H,2-5,9,12H2,1H3. The highest BCUT2D eigenvalue weighted by Crippen LogP contribution is 2.16. The van der Waals surface area contributed by atoms with Gasteiger partial charge in [0.25, 0.3) is 10.0 Å². The van der Waals surface area contributed by atoms with Crippen molar-refractivity contribution < 1.29 is 13.2 Å². The lowest BCUT2D eigenvalue weighted by molar-refractivity contribution is 0.0979. The van der Waals surface area contributed by atoms with Crippen LogP contribution in [-0.4, -0.2) is 18.2 Å². The lowest BCUT2D eigenvalue weighted by Gasteiger charge is -2.05. The van der Waals surface area contributed by atoms with Gasteiger partial charge >= 0.3 is 0 Å². The minimum atomic E-state index is -3.62. The summed E-state index contributed by atoms with van der Waals surface area (Å²) in [6.45, 7) is 2.15. The minimum Gasteiger partial charge on any atom is -0.294 e. The molecule has 0 aliphatic rings. The summed E-state index contributed by atoms with van der Waals surface area (Å²) in [7, 11) is -3.62. The summed E-state index contributed by atoms with van der Waals surface area (Å²) < 4.78 is 26.0. The lowest BCUT2D eigenvalue weighted by Crippen LogP contribution is -2.11. The van der Waals surface area contributed by atoms with Crippen LogP contribution in [0.25, 0.3) is 0 Å². The summed E-state index contributed by atoms with van der Waals surface area (Å²) in [6, 6.07) is 9.80. The molecule has 0 bridgehead atoms. The van der Waals surface area contributed by atoms with Crippen molar-refractivity contribution in [2.75, 3.05) is 0 Å². The van der Waals surface area contributed by atoms with Crippen molar-refractivity contribution in [1.82, 2.24) is 3.97 Å². The van der Waals surface area contributed by atoms with Crippen molar-refractivity contribution in [2.45, 2.75) is 50.3 Å². The van der Waals surface area contributed by atoms with Crippen molar-refractivity contribution in [3.05, 3.63) is 54.4 Å². The lowest BCUT2D eigenvalue weighted by atomic mass is 10.1. The number of benzene rings is 1. The minimum absolute atomic E-state index is 0.00325. The maximum atomic E-state index is 12.5. The van der Waals surface area contributed by atoms with Crippen LogP contribution in [0, 0.1) is 0 Å². The summed E-state index contributed by atoms with van der Waals surface area (Å²) >= 11 is 0. The van der Waals surface area contributed by atoms with E-state index in [0.29, 0.717) is 12.0 Å². The molecule has 0 atom stereocenters. The highest BCUT2D eigenvalue weighted by molar-refractivity contribution is 7.90. The van der Waals surface area contributed by atoms with Gasteiger partial charge in [0.2, 0.25) is 0 Å². The van der Waals surface area contributed by atoms with Crippen LogP contribution < -0.4 is 0 Å². The molecule has 1 aromatic heterocycles. The fourth-order valence-corrected chi connectivity index (χ4v) is 3.66. The molecule has 0 N–H and O–H groups in total. The quantitative estimate of drug-likeness (QED) is 0.509. The first kappa shape index (κ1) is 17.5. The van der Waals surface area contributed by atoms with Crippen molar-refractivity contribution >= 4 is 15.8 Å². The summed E-state index contributed by atoms with van der Waals surface area (Å²) in [6.07, 6.45) is 8.74. The van der Waals surface area contributed by atoms with Crippen LogP contribution in [0.5, 0.6) is 0 Å². The SMILES string of the molecule is CCCCCCCC(=O)c1ccn(S(=O)(=O)c2ccccc2)c1. The fourth-order valence-electron chi connectivity index (χ4n) is 2.44. The van der Waals surface area contributed by atoms with Gasteiger partial charge in [-0.2, -0.15) is 0 Å². The van der Waals surface area contributed by atoms with Gasteiger partial charge in [0, 0.05) is 24.4 Å². The number of nitrogens with zero attached hydrogens (tertiary/aromatic N) is 1. The Morgan fingerprint density at radius 2 is 1.70 bits per heavy atom. The van der Waals surface area contributed by atoms with Gasteiger partial charge in [-0.3, -0.25) is 4.79 Å². The molecular weight excluding hydrogens is 310 g/mol. The maximum absolute atomic E-state index is 12.5. The van der Waals surface area contributed by atoms with Crippen LogP contribution >= 0.6 is 0 Å². The highest BCUT2D eigenvalue weighted by atomic mass is 32.2. The molecule has 0 spiro atoms. The molecule has 0 fully saturated rings. The number of hydrogen-bond donors (Lipinski definition) is 0. The number of hydrogen-bond acceptors (Lipinski definition) is 3. The number of Topliss-reactive ketones (excluding diaryl/α,β-unsaturated/α-hetero) is 1. The van der Waals surface area contributed by atoms with Gasteiger partial charge in [-0.15, -0.1) is 0 Å². The Morgan fingerprint density at radius 3 is 2.39 bits per heavy atom. The van der Waals surface area contributed by atoms with Gasteiger partial charge in [-0.25, -0.2) is 12.4 Å². The van der Waals surface area contributed by atoms with Crippen LogP contribution in [0.15, 0.2) is 53.7 Å². The molecule has 124 valence electrons. The molecule has 0 unspecified atom stereocenters. The predicted molar refractivity (Wildman–Crippen MR) is 91.2 cm³/mol. The number of rotatable bonds is 9. The third-order valence-corrected chi connectivity index (χ3v) is 5.47. The summed E-state index contributed by atoms with van der Waals surface area (Å²) in [5, 5.41) is 0. The number of carbonyl (C=O) groups excluding carboxylic acids is 1. The summed E-state index contributed by atoms with van der Waals surface area (Å²) in [4.78, 5) is 12.4. The zero-order valence-electron chi connectivity index (χ0n) is 13.4. The molecule has 5 heteroatoms. The smallest absolute Gasteiger partial charge is 0.267 e. The molecule has 2 rings (SSSR count). The van der Waals surface area contributed by atoms with Crippen LogP contribution in [0.3, 0.4) is 0 Å². The zero-order valence-corrected chi connectivity index (χ0v) is 14.3. The van der Waals surface area contributed by atoms with Gasteiger partial charge in [0.15, 0.2) is 5.78 Å². The molecule has 23 heavy (non-hydrogen) atoms. The van der Waals surface area contributed by atoms with E-state index in [4.69, 9.17) is 0 Å². The Hall–Kier alpha value is -1.88. The van der Waals surface area contributed by atoms with E-state index in [1.54, 1.807) is 36.4 Å². The van der Waals surface area contributed by atoms with Gasteiger partial charge < -0.3 is 0 Å². The number of carbonyl (C=O) groups is 1. The van der Waals surface area contributed by atoms with E-state index >= 15 is 0 Å². The number of ketones is 1. The van der Waals surface area contributed by atoms with Crippen molar-refractivity contribution in [1.29, 1.82) is 0 Å². The zero-order chi connectivity index (χ0) is 16.7. The van der Waals surface area contributed by atoms with Crippen molar-refractivity contribution in [3.63, 3.8) is 0 Å². The molecule has 0 saturated heterocycles. The van der Waals surface area contributed by atoms with E-state index in [2.05, 4.69) is 6.92 Å². The fraction of sp³-hybridized carbons (Fsp3) is 0.389. The second-order valence-electron chi connectivity index (χ2n) is 5.64. The van der Waals surface area contributed by atoms with E-state index in [1.807, 2.05) is 0 Å². The van der Waals surface area contributed by atoms with Crippen molar-refractivity contribution in [2.24, 2.45) is 0 Å². The van der Waals surface area contributed by atoms with Gasteiger partial charge in [-0.05, 0) is 24.6 Å². The largest absolute Gasteiger partial charge is 0.294 e. The normalized spacial score (nSPS) is 11.5. The molecule has 0 aliphatic carbocycles. The average Bonchev–Trinajstić information content (AvgIpc) is 3.06.